The zero-order valence-corrected chi connectivity index (χ0v) is 11.2. The average Bonchev–Trinajstić information content (AvgIpc) is 3.14. The van der Waals surface area contributed by atoms with Gasteiger partial charge in [0.15, 0.2) is 9.84 Å². The van der Waals surface area contributed by atoms with Gasteiger partial charge in [-0.3, -0.25) is 0 Å². The normalized spacial score (nSPS) is 26.7. The van der Waals surface area contributed by atoms with E-state index >= 15 is 0 Å². The lowest BCUT2D eigenvalue weighted by molar-refractivity contribution is -0.108. The number of hydrogen-bond donors (Lipinski definition) is 0. The number of hydrogen-bond acceptors (Lipinski definition) is 4. The summed E-state index contributed by atoms with van der Waals surface area (Å²) in [6.45, 7) is 1.61. The largest absolute Gasteiger partial charge is 0.497 e. The first kappa shape index (κ1) is 13.1. The van der Waals surface area contributed by atoms with Crippen LogP contribution in [0, 0.1) is 5.92 Å². The summed E-state index contributed by atoms with van der Waals surface area (Å²) in [4.78, 5) is 11.0. The van der Waals surface area contributed by atoms with Crippen LogP contribution in [0.3, 0.4) is 0 Å². The molecule has 2 rings (SSSR count). The van der Waals surface area contributed by atoms with Crippen molar-refractivity contribution in [1.82, 2.24) is 0 Å². The average molecular weight is 268 g/mol. The Hall–Kier alpha value is -1.36. The van der Waals surface area contributed by atoms with Crippen LogP contribution in [0.25, 0.3) is 0 Å². The minimum atomic E-state index is -3.16. The van der Waals surface area contributed by atoms with Gasteiger partial charge in [0.25, 0.3) is 0 Å². The summed E-state index contributed by atoms with van der Waals surface area (Å²) in [5.74, 6) is 0.202. The second-order valence-corrected chi connectivity index (χ2v) is 6.88. The van der Waals surface area contributed by atoms with Crippen molar-refractivity contribution in [3.05, 3.63) is 29.8 Å². The van der Waals surface area contributed by atoms with Crippen LogP contribution in [0.4, 0.5) is 0 Å². The molecule has 4 nitrogen and oxygen atoms in total. The van der Waals surface area contributed by atoms with E-state index in [0.717, 1.165) is 17.6 Å². The molecule has 0 spiro atoms. The molecule has 1 saturated carbocycles. The van der Waals surface area contributed by atoms with E-state index in [1.165, 1.54) is 0 Å². The Balaban J connectivity index is 2.26. The summed E-state index contributed by atoms with van der Waals surface area (Å²) >= 11 is 0. The summed E-state index contributed by atoms with van der Waals surface area (Å²) in [6.07, 6.45) is 0.757. The summed E-state index contributed by atoms with van der Waals surface area (Å²) in [5.41, 5.74) is 0.884. The van der Waals surface area contributed by atoms with Crippen LogP contribution < -0.4 is 4.74 Å². The van der Waals surface area contributed by atoms with Crippen molar-refractivity contribution in [2.24, 2.45) is 5.92 Å². The molecule has 1 aromatic rings. The molecule has 0 unspecified atom stereocenters. The van der Waals surface area contributed by atoms with Gasteiger partial charge in [0.05, 0.1) is 12.4 Å². The third kappa shape index (κ3) is 2.14. The molecular weight excluding hydrogens is 252 g/mol. The number of methoxy groups -OCH3 is 1. The Bertz CT molecular complexity index is 533. The minimum absolute atomic E-state index is 0.0780. The van der Waals surface area contributed by atoms with Crippen molar-refractivity contribution in [3.63, 3.8) is 0 Å². The van der Waals surface area contributed by atoms with E-state index in [4.69, 9.17) is 4.74 Å². The Morgan fingerprint density at radius 1 is 1.28 bits per heavy atom. The standard InChI is InChI=1S/C13H16O4S/c1-3-18(15,16)13-11(8-14)12(13)9-4-6-10(17-2)7-5-9/h4-8,11-13H,3H2,1-2H3/t11-,12-,13-/m1/s1. The van der Waals surface area contributed by atoms with E-state index in [1.807, 2.05) is 12.1 Å². The van der Waals surface area contributed by atoms with Gasteiger partial charge in [-0.1, -0.05) is 19.1 Å². The van der Waals surface area contributed by atoms with E-state index in [1.54, 1.807) is 26.2 Å². The van der Waals surface area contributed by atoms with Gasteiger partial charge < -0.3 is 9.53 Å². The van der Waals surface area contributed by atoms with Crippen molar-refractivity contribution in [2.45, 2.75) is 18.1 Å². The maximum Gasteiger partial charge on any atom is 0.154 e. The lowest BCUT2D eigenvalue weighted by Gasteiger charge is -2.03. The number of carbonyl (C=O) groups is 1. The van der Waals surface area contributed by atoms with Crippen LogP contribution in [0.15, 0.2) is 24.3 Å². The molecule has 0 N–H and O–H groups in total. The number of aldehydes is 1. The summed E-state index contributed by atoms with van der Waals surface area (Å²) < 4.78 is 28.8. The Labute approximate surface area is 107 Å². The van der Waals surface area contributed by atoms with E-state index in [2.05, 4.69) is 0 Å². The summed E-state index contributed by atoms with van der Waals surface area (Å²) in [5, 5.41) is -0.548. The molecule has 1 aromatic carbocycles. The second kappa shape index (κ2) is 4.72. The monoisotopic (exact) mass is 268 g/mol. The topological polar surface area (TPSA) is 60.4 Å². The van der Waals surface area contributed by atoms with Crippen molar-refractivity contribution >= 4 is 16.1 Å². The number of sulfone groups is 1. The van der Waals surface area contributed by atoms with Gasteiger partial charge >= 0.3 is 0 Å². The molecule has 5 heteroatoms. The predicted molar refractivity (Wildman–Crippen MR) is 68.5 cm³/mol. The van der Waals surface area contributed by atoms with Gasteiger partial charge in [0.1, 0.15) is 12.0 Å². The van der Waals surface area contributed by atoms with Gasteiger partial charge in [-0.05, 0) is 17.7 Å². The van der Waals surface area contributed by atoms with Gasteiger partial charge in [-0.15, -0.1) is 0 Å². The van der Waals surface area contributed by atoms with Crippen molar-refractivity contribution in [2.75, 3.05) is 12.9 Å². The first-order chi connectivity index (χ1) is 8.55. The molecular formula is C13H16O4S. The first-order valence-corrected chi connectivity index (χ1v) is 7.57. The van der Waals surface area contributed by atoms with Crippen molar-refractivity contribution in [3.8, 4) is 5.75 Å². The number of benzene rings is 1. The van der Waals surface area contributed by atoms with Crippen LogP contribution in [-0.4, -0.2) is 32.8 Å². The smallest absolute Gasteiger partial charge is 0.154 e. The first-order valence-electron chi connectivity index (χ1n) is 5.86. The van der Waals surface area contributed by atoms with Gasteiger partial charge in [-0.25, -0.2) is 8.42 Å². The number of rotatable bonds is 5. The van der Waals surface area contributed by atoms with Crippen LogP contribution in [0.1, 0.15) is 18.4 Å². The quantitative estimate of drug-likeness (QED) is 0.758. The molecule has 0 amide bonds. The van der Waals surface area contributed by atoms with Crippen LogP contribution >= 0.6 is 0 Å². The molecule has 98 valence electrons. The molecule has 1 aliphatic rings. The highest BCUT2D eigenvalue weighted by atomic mass is 32.2. The van der Waals surface area contributed by atoms with Crippen LogP contribution in [-0.2, 0) is 14.6 Å². The molecule has 0 radical (unpaired) electrons. The zero-order chi connectivity index (χ0) is 13.3. The van der Waals surface area contributed by atoms with E-state index in [0.29, 0.717) is 0 Å². The van der Waals surface area contributed by atoms with Gasteiger partial charge in [0.2, 0.25) is 0 Å². The highest BCUT2D eigenvalue weighted by molar-refractivity contribution is 7.92. The predicted octanol–water partition coefficient (Wildman–Crippen LogP) is 1.41. The summed E-state index contributed by atoms with van der Waals surface area (Å²) in [6, 6.07) is 7.21. The maximum atomic E-state index is 11.9. The Morgan fingerprint density at radius 2 is 1.89 bits per heavy atom. The molecule has 3 atom stereocenters. The highest BCUT2D eigenvalue weighted by Crippen LogP contribution is 2.51. The number of ether oxygens (including phenoxy) is 1. The van der Waals surface area contributed by atoms with E-state index < -0.39 is 21.0 Å². The fourth-order valence-electron chi connectivity index (χ4n) is 2.36. The fourth-order valence-corrected chi connectivity index (χ4v) is 4.15. The van der Waals surface area contributed by atoms with Gasteiger partial charge in [-0.2, -0.15) is 0 Å². The fraction of sp³-hybridized carbons (Fsp3) is 0.462. The van der Waals surface area contributed by atoms with Gasteiger partial charge in [0, 0.05) is 17.6 Å². The molecule has 0 bridgehead atoms. The molecule has 0 heterocycles. The minimum Gasteiger partial charge on any atom is -0.497 e. The lowest BCUT2D eigenvalue weighted by atomic mass is 10.1. The van der Waals surface area contributed by atoms with E-state index in [-0.39, 0.29) is 11.7 Å². The molecule has 1 aliphatic carbocycles. The maximum absolute atomic E-state index is 11.9. The Kier molecular flexibility index (Phi) is 3.43. The van der Waals surface area contributed by atoms with Crippen LogP contribution in [0.2, 0.25) is 0 Å². The molecule has 0 aliphatic heterocycles. The molecule has 0 saturated heterocycles. The third-order valence-corrected chi connectivity index (χ3v) is 5.72. The zero-order valence-electron chi connectivity index (χ0n) is 10.4. The van der Waals surface area contributed by atoms with Crippen LogP contribution in [0.5, 0.6) is 5.75 Å². The molecule has 0 aromatic heterocycles. The summed E-state index contributed by atoms with van der Waals surface area (Å²) in [7, 11) is -1.59. The van der Waals surface area contributed by atoms with E-state index in [9.17, 15) is 13.2 Å². The molecule has 1 fully saturated rings. The Morgan fingerprint density at radius 3 is 2.33 bits per heavy atom. The molecule has 18 heavy (non-hydrogen) atoms. The highest BCUT2D eigenvalue weighted by Gasteiger charge is 2.57. The van der Waals surface area contributed by atoms with Crippen molar-refractivity contribution < 1.29 is 17.9 Å². The third-order valence-electron chi connectivity index (χ3n) is 3.48. The number of carbonyl (C=O) groups excluding carboxylic acids is 1. The van der Waals surface area contributed by atoms with Crippen molar-refractivity contribution in [1.29, 1.82) is 0 Å². The SMILES string of the molecule is CCS(=O)(=O)[C@@H]1[C@H](C=O)[C@H]1c1ccc(OC)cc1. The second-order valence-electron chi connectivity index (χ2n) is 4.43. The lowest BCUT2D eigenvalue weighted by Crippen LogP contribution is -2.12.